The molecule has 1 saturated heterocycles. The Labute approximate surface area is 199 Å². The van der Waals surface area contributed by atoms with E-state index in [1.807, 2.05) is 30.3 Å². The summed E-state index contributed by atoms with van der Waals surface area (Å²) in [5, 5.41) is 3.29. The number of hydrogen-bond acceptors (Lipinski definition) is 9. The number of carbonyl (C=O) groups excluding carboxylic acids is 1. The summed E-state index contributed by atoms with van der Waals surface area (Å²) in [6.07, 6.45) is 1.06. The van der Waals surface area contributed by atoms with Crippen LogP contribution in [0.2, 0.25) is 0 Å². The molecule has 0 radical (unpaired) electrons. The van der Waals surface area contributed by atoms with Gasteiger partial charge in [-0.3, -0.25) is 4.79 Å². The van der Waals surface area contributed by atoms with Gasteiger partial charge in [0.15, 0.2) is 0 Å². The molecule has 2 heterocycles. The van der Waals surface area contributed by atoms with Crippen molar-refractivity contribution in [2.24, 2.45) is 0 Å². The van der Waals surface area contributed by atoms with Crippen molar-refractivity contribution in [3.8, 4) is 11.8 Å². The Hall–Kier alpha value is -3.72. The SMILES string of the molecule is CCOC(=O)Cc1ccc(Oc2nc(NCCc3ccccc3)nc(N3CCOCC3)n2)cc1. The van der Waals surface area contributed by atoms with Crippen molar-refractivity contribution >= 4 is 17.9 Å². The molecule has 3 aromatic rings. The number of hydrogen-bond donors (Lipinski definition) is 1. The van der Waals surface area contributed by atoms with Gasteiger partial charge in [-0.1, -0.05) is 42.5 Å². The second-order valence-electron chi connectivity index (χ2n) is 7.73. The average Bonchev–Trinajstić information content (AvgIpc) is 2.86. The molecule has 1 aliphatic rings. The normalized spacial score (nSPS) is 13.4. The van der Waals surface area contributed by atoms with Crippen LogP contribution in [0.15, 0.2) is 54.6 Å². The van der Waals surface area contributed by atoms with Gasteiger partial charge in [0.1, 0.15) is 5.75 Å². The molecule has 1 N–H and O–H groups in total. The van der Waals surface area contributed by atoms with E-state index in [1.165, 1.54) is 5.56 Å². The van der Waals surface area contributed by atoms with E-state index in [-0.39, 0.29) is 18.4 Å². The fourth-order valence-electron chi connectivity index (χ4n) is 3.50. The maximum Gasteiger partial charge on any atom is 0.328 e. The lowest BCUT2D eigenvalue weighted by molar-refractivity contribution is -0.142. The van der Waals surface area contributed by atoms with Crippen molar-refractivity contribution in [3.63, 3.8) is 0 Å². The molecule has 34 heavy (non-hydrogen) atoms. The Kier molecular flexibility index (Phi) is 8.23. The third-order valence-corrected chi connectivity index (χ3v) is 5.22. The fraction of sp³-hybridized carbons (Fsp3) is 0.360. The maximum atomic E-state index is 11.7. The fourth-order valence-corrected chi connectivity index (χ4v) is 3.50. The Morgan fingerprint density at radius 3 is 2.50 bits per heavy atom. The van der Waals surface area contributed by atoms with Gasteiger partial charge in [0.05, 0.1) is 26.2 Å². The molecule has 0 unspecified atom stereocenters. The number of rotatable bonds is 10. The minimum atomic E-state index is -0.255. The first kappa shape index (κ1) is 23.4. The molecule has 178 valence electrons. The second kappa shape index (κ2) is 11.9. The number of ether oxygens (including phenoxy) is 3. The van der Waals surface area contributed by atoms with Crippen LogP contribution in [0.5, 0.6) is 11.8 Å². The number of morpholine rings is 1. The third kappa shape index (κ3) is 6.89. The number of esters is 1. The summed E-state index contributed by atoms with van der Waals surface area (Å²) in [5.41, 5.74) is 2.08. The monoisotopic (exact) mass is 463 g/mol. The van der Waals surface area contributed by atoms with Crippen molar-refractivity contribution in [2.45, 2.75) is 19.8 Å². The van der Waals surface area contributed by atoms with E-state index in [0.717, 1.165) is 12.0 Å². The highest BCUT2D eigenvalue weighted by atomic mass is 16.5. The number of carbonyl (C=O) groups is 1. The van der Waals surface area contributed by atoms with Crippen molar-refractivity contribution in [3.05, 3.63) is 65.7 Å². The predicted octanol–water partition coefficient (Wildman–Crippen LogP) is 3.26. The zero-order valence-electron chi connectivity index (χ0n) is 19.3. The number of nitrogens with zero attached hydrogens (tertiary/aromatic N) is 4. The molecule has 0 aliphatic carbocycles. The van der Waals surface area contributed by atoms with Crippen LogP contribution in [-0.2, 0) is 27.1 Å². The summed E-state index contributed by atoms with van der Waals surface area (Å²) >= 11 is 0. The molecule has 4 rings (SSSR count). The summed E-state index contributed by atoms with van der Waals surface area (Å²) in [6.45, 7) is 5.50. The average molecular weight is 464 g/mol. The van der Waals surface area contributed by atoms with Crippen LogP contribution in [-0.4, -0.2) is 60.4 Å². The number of nitrogens with one attached hydrogen (secondary N) is 1. The maximum absolute atomic E-state index is 11.7. The van der Waals surface area contributed by atoms with Crippen LogP contribution >= 0.6 is 0 Å². The van der Waals surface area contributed by atoms with Gasteiger partial charge < -0.3 is 24.4 Å². The minimum Gasteiger partial charge on any atom is -0.466 e. The van der Waals surface area contributed by atoms with Crippen LogP contribution in [0.4, 0.5) is 11.9 Å². The summed E-state index contributed by atoms with van der Waals surface area (Å²) in [7, 11) is 0. The van der Waals surface area contributed by atoms with Crippen molar-refractivity contribution in [1.29, 1.82) is 0 Å². The number of aromatic nitrogens is 3. The molecule has 0 amide bonds. The standard InChI is InChI=1S/C25H29N5O4/c1-2-33-22(31)18-20-8-10-21(11-9-20)34-25-28-23(26-13-12-19-6-4-3-5-7-19)27-24(29-25)30-14-16-32-17-15-30/h3-11H,2,12-18H2,1H3,(H,26,27,28,29). The van der Waals surface area contributed by atoms with Gasteiger partial charge >= 0.3 is 12.0 Å². The van der Waals surface area contributed by atoms with Gasteiger partial charge in [-0.2, -0.15) is 15.0 Å². The predicted molar refractivity (Wildman–Crippen MR) is 128 cm³/mol. The van der Waals surface area contributed by atoms with E-state index < -0.39 is 0 Å². The van der Waals surface area contributed by atoms with Crippen LogP contribution < -0.4 is 15.0 Å². The Morgan fingerprint density at radius 2 is 1.76 bits per heavy atom. The van der Waals surface area contributed by atoms with Crippen molar-refractivity contribution in [2.75, 3.05) is 49.7 Å². The molecular formula is C25H29N5O4. The summed E-state index contributed by atoms with van der Waals surface area (Å²) in [6, 6.07) is 17.7. The largest absolute Gasteiger partial charge is 0.466 e. The Bertz CT molecular complexity index is 1060. The molecule has 0 atom stereocenters. The molecule has 0 spiro atoms. The van der Waals surface area contributed by atoms with Gasteiger partial charge in [-0.15, -0.1) is 0 Å². The lowest BCUT2D eigenvalue weighted by Gasteiger charge is -2.27. The third-order valence-electron chi connectivity index (χ3n) is 5.22. The highest BCUT2D eigenvalue weighted by Gasteiger charge is 2.17. The lowest BCUT2D eigenvalue weighted by atomic mass is 10.1. The topological polar surface area (TPSA) is 98.7 Å². The quantitative estimate of drug-likeness (QED) is 0.454. The highest BCUT2D eigenvalue weighted by molar-refractivity contribution is 5.72. The molecule has 1 aliphatic heterocycles. The highest BCUT2D eigenvalue weighted by Crippen LogP contribution is 2.22. The van der Waals surface area contributed by atoms with E-state index in [1.54, 1.807) is 19.1 Å². The Balaban J connectivity index is 1.46. The first-order valence-corrected chi connectivity index (χ1v) is 11.5. The molecule has 9 heteroatoms. The number of benzene rings is 2. The summed E-state index contributed by atoms with van der Waals surface area (Å²) < 4.78 is 16.4. The van der Waals surface area contributed by atoms with Gasteiger partial charge in [0.25, 0.3) is 0 Å². The van der Waals surface area contributed by atoms with Gasteiger partial charge in [-0.25, -0.2) is 0 Å². The van der Waals surface area contributed by atoms with Crippen molar-refractivity contribution in [1.82, 2.24) is 15.0 Å². The molecule has 9 nitrogen and oxygen atoms in total. The molecular weight excluding hydrogens is 434 g/mol. The zero-order chi connectivity index (χ0) is 23.6. The van der Waals surface area contributed by atoms with E-state index in [9.17, 15) is 4.79 Å². The lowest BCUT2D eigenvalue weighted by Crippen LogP contribution is -2.37. The van der Waals surface area contributed by atoms with E-state index in [0.29, 0.717) is 57.1 Å². The first-order chi connectivity index (χ1) is 16.7. The molecule has 1 aromatic heterocycles. The summed E-state index contributed by atoms with van der Waals surface area (Å²) in [5.74, 6) is 1.33. The molecule has 0 saturated carbocycles. The van der Waals surface area contributed by atoms with Gasteiger partial charge in [0.2, 0.25) is 11.9 Å². The van der Waals surface area contributed by atoms with Crippen LogP contribution in [0.25, 0.3) is 0 Å². The summed E-state index contributed by atoms with van der Waals surface area (Å²) in [4.78, 5) is 27.3. The van der Waals surface area contributed by atoms with Crippen molar-refractivity contribution < 1.29 is 19.0 Å². The van der Waals surface area contributed by atoms with Gasteiger partial charge in [0, 0.05) is 19.6 Å². The van der Waals surface area contributed by atoms with E-state index in [4.69, 9.17) is 14.2 Å². The van der Waals surface area contributed by atoms with E-state index in [2.05, 4.69) is 37.3 Å². The molecule has 1 fully saturated rings. The van der Waals surface area contributed by atoms with Gasteiger partial charge in [-0.05, 0) is 36.6 Å². The van der Waals surface area contributed by atoms with Crippen LogP contribution in [0.1, 0.15) is 18.1 Å². The minimum absolute atomic E-state index is 0.205. The van der Waals surface area contributed by atoms with Crippen LogP contribution in [0.3, 0.4) is 0 Å². The zero-order valence-corrected chi connectivity index (χ0v) is 19.3. The molecule has 0 bridgehead atoms. The second-order valence-corrected chi connectivity index (χ2v) is 7.73. The molecule has 2 aromatic carbocycles. The first-order valence-electron chi connectivity index (χ1n) is 11.5. The Morgan fingerprint density at radius 1 is 1.00 bits per heavy atom. The van der Waals surface area contributed by atoms with E-state index >= 15 is 0 Å². The van der Waals surface area contributed by atoms with Crippen LogP contribution in [0, 0.1) is 0 Å². The smallest absolute Gasteiger partial charge is 0.328 e. The number of anilines is 2.